The molecule has 0 saturated heterocycles. The van der Waals surface area contributed by atoms with Crippen molar-refractivity contribution in [3.63, 3.8) is 0 Å². The first-order valence-corrected chi connectivity index (χ1v) is 23.5. The van der Waals surface area contributed by atoms with E-state index in [2.05, 4.69) is 150 Å². The molecule has 50 heavy (non-hydrogen) atoms. The highest BCUT2D eigenvalue weighted by molar-refractivity contribution is 8.01. The van der Waals surface area contributed by atoms with Crippen molar-refractivity contribution in [1.29, 1.82) is 0 Å². The van der Waals surface area contributed by atoms with Gasteiger partial charge in [-0.2, -0.15) is 0 Å². The van der Waals surface area contributed by atoms with E-state index in [1.165, 1.54) is 124 Å². The molecule has 0 aliphatic carbocycles. The summed E-state index contributed by atoms with van der Waals surface area (Å²) in [6.45, 7) is 13.8. The van der Waals surface area contributed by atoms with Crippen molar-refractivity contribution in [2.75, 3.05) is 11.5 Å². The van der Waals surface area contributed by atoms with Crippen LogP contribution in [0, 0.1) is 0 Å². The van der Waals surface area contributed by atoms with E-state index in [0.29, 0.717) is 0 Å². The molecule has 0 bridgehead atoms. The summed E-state index contributed by atoms with van der Waals surface area (Å²) in [6, 6.07) is 0. The number of allylic oxidation sites excluding steroid dienone is 12. The monoisotopic (exact) mass is 748 g/mol. The van der Waals surface area contributed by atoms with Crippen molar-refractivity contribution in [3.05, 3.63) is 105 Å². The average Bonchev–Trinajstić information content (AvgIpc) is 3.63. The molecule has 0 nitrogen and oxygen atoms in total. The lowest BCUT2D eigenvalue weighted by Gasteiger charge is -2.07. The lowest BCUT2D eigenvalue weighted by Crippen LogP contribution is -1.94. The van der Waals surface area contributed by atoms with Gasteiger partial charge in [-0.25, -0.2) is 0 Å². The third-order valence-electron chi connectivity index (χ3n) is 8.52. The van der Waals surface area contributed by atoms with Gasteiger partial charge < -0.3 is 0 Å². The number of hydrogen-bond donors (Lipinski definition) is 0. The number of thiophene rings is 2. The molecule has 0 radical (unpaired) electrons. The Balaban J connectivity index is 1.97. The SMILES string of the molecule is CCCCSc1sc(/C=C/C=C/C=C/C=C/C=C/C=C/C=C/c2sc(SCCCC)c(CCCC)c2CCCC)c(CCCC)c1CCCC. The van der Waals surface area contributed by atoms with Crippen LogP contribution in [0.3, 0.4) is 0 Å². The Labute approximate surface area is 325 Å². The normalized spacial score (nSPS) is 12.8. The zero-order valence-electron chi connectivity index (χ0n) is 32.4. The fourth-order valence-corrected chi connectivity index (χ4v) is 11.1. The molecule has 0 fully saturated rings. The molecule has 0 N–H and O–H groups in total. The van der Waals surface area contributed by atoms with Crippen LogP contribution in [0.15, 0.2) is 81.3 Å². The van der Waals surface area contributed by atoms with Gasteiger partial charge in [0.05, 0.1) is 8.42 Å². The summed E-state index contributed by atoms with van der Waals surface area (Å²) in [6.07, 6.45) is 50.5. The highest BCUT2D eigenvalue weighted by Crippen LogP contribution is 2.40. The summed E-state index contributed by atoms with van der Waals surface area (Å²) >= 11 is 8.24. The van der Waals surface area contributed by atoms with E-state index in [1.807, 2.05) is 22.7 Å². The van der Waals surface area contributed by atoms with Gasteiger partial charge in [-0.1, -0.05) is 153 Å². The molecule has 0 aromatic carbocycles. The van der Waals surface area contributed by atoms with E-state index >= 15 is 0 Å². The fraction of sp³-hybridized carbons (Fsp3) is 0.522. The van der Waals surface area contributed by atoms with Crippen LogP contribution < -0.4 is 0 Å². The second kappa shape index (κ2) is 29.8. The smallest absolute Gasteiger partial charge is 0.0639 e. The molecule has 2 heterocycles. The van der Waals surface area contributed by atoms with E-state index in [9.17, 15) is 0 Å². The molecular formula is C46H68S4. The average molecular weight is 749 g/mol. The first-order valence-electron chi connectivity index (χ1n) is 19.9. The number of unbranched alkanes of at least 4 members (excludes halogenated alkanes) is 6. The molecule has 2 aromatic heterocycles. The van der Waals surface area contributed by atoms with Crippen molar-refractivity contribution in [2.24, 2.45) is 0 Å². The second-order valence-electron chi connectivity index (χ2n) is 12.9. The lowest BCUT2D eigenvalue weighted by atomic mass is 10.0. The zero-order valence-corrected chi connectivity index (χ0v) is 35.7. The molecule has 0 unspecified atom stereocenters. The largest absolute Gasteiger partial charge is 0.129 e. The van der Waals surface area contributed by atoms with E-state index in [0.717, 1.165) is 0 Å². The van der Waals surface area contributed by atoms with Crippen LogP contribution in [-0.4, -0.2) is 11.5 Å². The van der Waals surface area contributed by atoms with Crippen LogP contribution in [0.5, 0.6) is 0 Å². The maximum atomic E-state index is 2.35. The number of thioether (sulfide) groups is 2. The van der Waals surface area contributed by atoms with E-state index < -0.39 is 0 Å². The summed E-state index contributed by atoms with van der Waals surface area (Å²) in [5.74, 6) is 2.48. The summed E-state index contributed by atoms with van der Waals surface area (Å²) < 4.78 is 3.15. The first-order chi connectivity index (χ1) is 24.6. The minimum Gasteiger partial charge on any atom is -0.129 e. The van der Waals surface area contributed by atoms with Gasteiger partial charge in [-0.15, -0.1) is 46.2 Å². The standard InChI is InChI=1S/C46H68S4/c1-7-13-31-39-41(33-15-9-3)45(47-37-17-11-5)49-43(39)35-29-27-25-23-21-19-20-22-24-26-28-30-36-44-40(32-14-8-2)42(34-16-10-4)46(50-44)48-38-18-12-6/h19-30,35-36H,7-18,31-34,37-38H2,1-6H3/b20-19+,23-21+,24-22+,27-25+,28-26+,35-29+,36-30+. The molecule has 2 aromatic rings. The molecule has 4 heteroatoms. The Bertz CT molecular complexity index is 1270. The minimum absolute atomic E-state index is 1.21. The number of hydrogen-bond acceptors (Lipinski definition) is 4. The number of rotatable bonds is 28. The van der Waals surface area contributed by atoms with Crippen molar-refractivity contribution in [2.45, 2.75) is 153 Å². The van der Waals surface area contributed by atoms with Crippen molar-refractivity contribution < 1.29 is 0 Å². The molecule has 0 saturated carbocycles. The molecule has 0 atom stereocenters. The van der Waals surface area contributed by atoms with Crippen LogP contribution in [0.2, 0.25) is 0 Å². The third kappa shape index (κ3) is 17.7. The Hall–Kier alpha value is -1.72. The molecule has 0 aliphatic rings. The van der Waals surface area contributed by atoms with Gasteiger partial charge in [-0.05, 0) is 110 Å². The van der Waals surface area contributed by atoms with Gasteiger partial charge in [0.1, 0.15) is 0 Å². The van der Waals surface area contributed by atoms with Gasteiger partial charge in [0, 0.05) is 9.75 Å². The van der Waals surface area contributed by atoms with E-state index in [-0.39, 0.29) is 0 Å². The molecular weight excluding hydrogens is 681 g/mol. The maximum absolute atomic E-state index is 2.35. The van der Waals surface area contributed by atoms with Gasteiger partial charge >= 0.3 is 0 Å². The summed E-state index contributed by atoms with van der Waals surface area (Å²) in [5, 5.41) is 0. The Morgan fingerprint density at radius 3 is 0.940 bits per heavy atom. The van der Waals surface area contributed by atoms with Crippen molar-refractivity contribution in [3.8, 4) is 0 Å². The van der Waals surface area contributed by atoms with Crippen LogP contribution in [0.1, 0.15) is 151 Å². The predicted molar refractivity (Wildman–Crippen MR) is 238 cm³/mol. The topological polar surface area (TPSA) is 0 Å². The molecule has 276 valence electrons. The highest BCUT2D eigenvalue weighted by atomic mass is 32.2. The molecule has 0 aliphatic heterocycles. The van der Waals surface area contributed by atoms with Crippen molar-refractivity contribution >= 4 is 58.3 Å². The highest BCUT2D eigenvalue weighted by Gasteiger charge is 2.17. The van der Waals surface area contributed by atoms with E-state index in [4.69, 9.17) is 0 Å². The lowest BCUT2D eigenvalue weighted by molar-refractivity contribution is 0.755. The second-order valence-corrected chi connectivity index (χ2v) is 17.7. The van der Waals surface area contributed by atoms with Gasteiger partial charge in [0.15, 0.2) is 0 Å². The van der Waals surface area contributed by atoms with Crippen LogP contribution in [-0.2, 0) is 25.7 Å². The van der Waals surface area contributed by atoms with Crippen molar-refractivity contribution in [1.82, 2.24) is 0 Å². The van der Waals surface area contributed by atoms with Crippen LogP contribution >= 0.6 is 46.2 Å². The van der Waals surface area contributed by atoms with Crippen LogP contribution in [0.4, 0.5) is 0 Å². The Kier molecular flexibility index (Phi) is 26.5. The Morgan fingerprint density at radius 2 is 0.640 bits per heavy atom. The quantitative estimate of drug-likeness (QED) is 0.0483. The minimum atomic E-state index is 1.21. The van der Waals surface area contributed by atoms with Gasteiger partial charge in [-0.3, -0.25) is 0 Å². The fourth-order valence-electron chi connectivity index (χ4n) is 5.51. The van der Waals surface area contributed by atoms with Gasteiger partial charge in [0.2, 0.25) is 0 Å². The summed E-state index contributed by atoms with van der Waals surface area (Å²) in [4.78, 5) is 2.95. The predicted octanol–water partition coefficient (Wildman–Crippen LogP) is 16.5. The maximum Gasteiger partial charge on any atom is 0.0639 e. The van der Waals surface area contributed by atoms with Crippen LogP contribution in [0.25, 0.3) is 12.2 Å². The Morgan fingerprint density at radius 1 is 0.360 bits per heavy atom. The zero-order chi connectivity index (χ0) is 36.1. The third-order valence-corrected chi connectivity index (χ3v) is 13.8. The molecule has 2 rings (SSSR count). The van der Waals surface area contributed by atoms with Gasteiger partial charge in [0.25, 0.3) is 0 Å². The molecule has 0 spiro atoms. The first kappa shape index (κ1) is 44.4. The summed E-state index contributed by atoms with van der Waals surface area (Å²) in [5.41, 5.74) is 6.55. The van der Waals surface area contributed by atoms with E-state index in [1.54, 1.807) is 30.7 Å². The summed E-state index contributed by atoms with van der Waals surface area (Å²) in [7, 11) is 0. The molecule has 0 amide bonds.